The monoisotopic (exact) mass is 295 g/mol. The Morgan fingerprint density at radius 3 is 3.00 bits per heavy atom. The van der Waals surface area contributed by atoms with Gasteiger partial charge in [0.1, 0.15) is 0 Å². The third-order valence-electron chi connectivity index (χ3n) is 3.83. The van der Waals surface area contributed by atoms with Crippen molar-refractivity contribution in [3.05, 3.63) is 34.3 Å². The first-order chi connectivity index (χ1) is 9.60. The molecule has 1 aliphatic heterocycles. The van der Waals surface area contributed by atoms with Crippen molar-refractivity contribution in [2.75, 3.05) is 26.7 Å². The van der Waals surface area contributed by atoms with Crippen LogP contribution in [0, 0.1) is 5.92 Å². The lowest BCUT2D eigenvalue weighted by molar-refractivity contribution is 0.100. The number of piperidine rings is 1. The summed E-state index contributed by atoms with van der Waals surface area (Å²) in [6.45, 7) is 4.09. The Morgan fingerprint density at radius 2 is 2.35 bits per heavy atom. The number of hydrogen-bond donors (Lipinski definition) is 2. The fourth-order valence-corrected chi connectivity index (χ4v) is 3.06. The third-order valence-corrected chi connectivity index (χ3v) is 4.18. The zero-order valence-corrected chi connectivity index (χ0v) is 12.6. The molecule has 0 aliphatic carbocycles. The number of rotatable bonds is 5. The molecule has 2 rings (SSSR count). The molecule has 1 atom stereocenters. The van der Waals surface area contributed by atoms with E-state index >= 15 is 0 Å². The van der Waals surface area contributed by atoms with Crippen molar-refractivity contribution in [3.63, 3.8) is 0 Å². The van der Waals surface area contributed by atoms with Gasteiger partial charge in [-0.25, -0.2) is 0 Å². The predicted octanol–water partition coefficient (Wildman–Crippen LogP) is 1.87. The largest absolute Gasteiger partial charge is 0.366 e. The van der Waals surface area contributed by atoms with Crippen LogP contribution in [0.2, 0.25) is 5.02 Å². The highest BCUT2D eigenvalue weighted by molar-refractivity contribution is 6.31. The second-order valence-electron chi connectivity index (χ2n) is 5.47. The molecule has 20 heavy (non-hydrogen) atoms. The van der Waals surface area contributed by atoms with Gasteiger partial charge in [0.25, 0.3) is 0 Å². The Bertz CT molecular complexity index is 476. The van der Waals surface area contributed by atoms with Crippen LogP contribution in [0.3, 0.4) is 0 Å². The molecule has 0 bridgehead atoms. The Morgan fingerprint density at radius 1 is 1.55 bits per heavy atom. The van der Waals surface area contributed by atoms with Gasteiger partial charge in [0, 0.05) is 23.7 Å². The normalized spacial score (nSPS) is 20.0. The smallest absolute Gasteiger partial charge is 0.248 e. The van der Waals surface area contributed by atoms with E-state index in [0.29, 0.717) is 16.5 Å². The summed E-state index contributed by atoms with van der Waals surface area (Å²) in [6.07, 6.45) is 2.51. The van der Waals surface area contributed by atoms with Crippen LogP contribution in [0.25, 0.3) is 0 Å². The standard InChI is InChI=1S/C15H22ClN3O/c1-18-8-11-3-2-6-19(9-11)10-13-5-4-12(15(17)20)7-14(13)16/h4-5,7,11,18H,2-3,6,8-10H2,1H3,(H2,17,20). The van der Waals surface area contributed by atoms with Gasteiger partial charge in [-0.15, -0.1) is 0 Å². The van der Waals surface area contributed by atoms with Crippen LogP contribution < -0.4 is 11.1 Å². The molecule has 1 amide bonds. The molecule has 3 N–H and O–H groups in total. The average molecular weight is 296 g/mol. The van der Waals surface area contributed by atoms with Crippen molar-refractivity contribution in [1.82, 2.24) is 10.2 Å². The number of halogens is 1. The third kappa shape index (κ3) is 3.95. The summed E-state index contributed by atoms with van der Waals surface area (Å²) in [5.41, 5.74) is 6.77. The van der Waals surface area contributed by atoms with Crippen molar-refractivity contribution in [2.45, 2.75) is 19.4 Å². The van der Waals surface area contributed by atoms with Crippen molar-refractivity contribution in [3.8, 4) is 0 Å². The van der Waals surface area contributed by atoms with E-state index in [0.717, 1.165) is 31.7 Å². The van der Waals surface area contributed by atoms with E-state index in [1.54, 1.807) is 12.1 Å². The van der Waals surface area contributed by atoms with Crippen LogP contribution in [0.1, 0.15) is 28.8 Å². The second-order valence-corrected chi connectivity index (χ2v) is 5.88. The Hall–Kier alpha value is -1.10. The number of likely N-dealkylation sites (tertiary alicyclic amines) is 1. The molecular weight excluding hydrogens is 274 g/mol. The quantitative estimate of drug-likeness (QED) is 0.872. The summed E-state index contributed by atoms with van der Waals surface area (Å²) in [4.78, 5) is 13.5. The minimum Gasteiger partial charge on any atom is -0.366 e. The average Bonchev–Trinajstić information content (AvgIpc) is 2.42. The summed E-state index contributed by atoms with van der Waals surface area (Å²) in [7, 11) is 2.00. The maximum atomic E-state index is 11.1. The van der Waals surface area contributed by atoms with E-state index in [1.807, 2.05) is 13.1 Å². The molecule has 110 valence electrons. The van der Waals surface area contributed by atoms with Crippen LogP contribution in [0.5, 0.6) is 0 Å². The highest BCUT2D eigenvalue weighted by Gasteiger charge is 2.20. The van der Waals surface area contributed by atoms with Crippen LogP contribution in [0.4, 0.5) is 0 Å². The van der Waals surface area contributed by atoms with Gasteiger partial charge < -0.3 is 11.1 Å². The summed E-state index contributed by atoms with van der Waals surface area (Å²) >= 11 is 6.24. The van der Waals surface area contributed by atoms with E-state index in [9.17, 15) is 4.79 Å². The lowest BCUT2D eigenvalue weighted by Crippen LogP contribution is -2.38. The van der Waals surface area contributed by atoms with Crippen LogP contribution in [-0.4, -0.2) is 37.5 Å². The Balaban J connectivity index is 2.00. The van der Waals surface area contributed by atoms with Crippen molar-refractivity contribution in [1.29, 1.82) is 0 Å². The number of nitrogens with two attached hydrogens (primary N) is 1. The van der Waals surface area contributed by atoms with Gasteiger partial charge in [0.15, 0.2) is 0 Å². The van der Waals surface area contributed by atoms with Crippen LogP contribution in [0.15, 0.2) is 18.2 Å². The van der Waals surface area contributed by atoms with E-state index in [4.69, 9.17) is 17.3 Å². The van der Waals surface area contributed by atoms with Gasteiger partial charge in [-0.2, -0.15) is 0 Å². The molecule has 5 heteroatoms. The molecule has 4 nitrogen and oxygen atoms in total. The summed E-state index contributed by atoms with van der Waals surface area (Å²) in [5, 5.41) is 3.87. The first-order valence-corrected chi connectivity index (χ1v) is 7.43. The zero-order chi connectivity index (χ0) is 14.5. The highest BCUT2D eigenvalue weighted by Crippen LogP contribution is 2.23. The molecule has 1 unspecified atom stereocenters. The van der Waals surface area contributed by atoms with E-state index in [-0.39, 0.29) is 0 Å². The van der Waals surface area contributed by atoms with E-state index in [1.165, 1.54) is 12.8 Å². The number of benzene rings is 1. The summed E-state index contributed by atoms with van der Waals surface area (Å²) < 4.78 is 0. The van der Waals surface area contributed by atoms with E-state index < -0.39 is 5.91 Å². The minimum absolute atomic E-state index is 0.439. The molecule has 1 aromatic rings. The fraction of sp³-hybridized carbons (Fsp3) is 0.533. The maximum Gasteiger partial charge on any atom is 0.248 e. The second kappa shape index (κ2) is 7.07. The van der Waals surface area contributed by atoms with Gasteiger partial charge in [-0.1, -0.05) is 17.7 Å². The molecule has 1 heterocycles. The maximum absolute atomic E-state index is 11.1. The van der Waals surface area contributed by atoms with E-state index in [2.05, 4.69) is 10.2 Å². The molecule has 1 aromatic carbocycles. The van der Waals surface area contributed by atoms with Crippen LogP contribution >= 0.6 is 11.6 Å². The first kappa shape index (κ1) is 15.3. The molecular formula is C15H22ClN3O. The van der Waals surface area contributed by atoms with Crippen molar-refractivity contribution in [2.24, 2.45) is 11.7 Å². The zero-order valence-electron chi connectivity index (χ0n) is 11.9. The number of carbonyl (C=O) groups excluding carboxylic acids is 1. The molecule has 0 radical (unpaired) electrons. The van der Waals surface area contributed by atoms with Crippen molar-refractivity contribution >= 4 is 17.5 Å². The molecule has 0 spiro atoms. The van der Waals surface area contributed by atoms with Gasteiger partial charge in [0.2, 0.25) is 5.91 Å². The number of carbonyl (C=O) groups is 1. The SMILES string of the molecule is CNCC1CCCN(Cc2ccc(C(N)=O)cc2Cl)C1. The summed E-state index contributed by atoms with van der Waals surface area (Å²) in [5.74, 6) is 0.267. The van der Waals surface area contributed by atoms with Crippen molar-refractivity contribution < 1.29 is 4.79 Å². The number of primary amides is 1. The lowest BCUT2D eigenvalue weighted by Gasteiger charge is -2.32. The fourth-order valence-electron chi connectivity index (χ4n) is 2.82. The van der Waals surface area contributed by atoms with Gasteiger partial charge >= 0.3 is 0 Å². The minimum atomic E-state index is -0.439. The predicted molar refractivity (Wildman–Crippen MR) is 81.9 cm³/mol. The number of nitrogens with zero attached hydrogens (tertiary/aromatic N) is 1. The highest BCUT2D eigenvalue weighted by atomic mass is 35.5. The molecule has 1 saturated heterocycles. The van der Waals surface area contributed by atoms with Gasteiger partial charge in [-0.3, -0.25) is 9.69 Å². The Kier molecular flexibility index (Phi) is 5.40. The Labute approximate surface area is 125 Å². The molecule has 0 saturated carbocycles. The van der Waals surface area contributed by atoms with Gasteiger partial charge in [-0.05, 0) is 56.6 Å². The molecule has 1 fully saturated rings. The number of nitrogens with one attached hydrogen (secondary N) is 1. The first-order valence-electron chi connectivity index (χ1n) is 7.05. The van der Waals surface area contributed by atoms with Crippen LogP contribution in [-0.2, 0) is 6.54 Å². The topological polar surface area (TPSA) is 58.4 Å². The lowest BCUT2D eigenvalue weighted by atomic mass is 9.97. The van der Waals surface area contributed by atoms with Gasteiger partial charge in [0.05, 0.1) is 0 Å². The summed E-state index contributed by atoms with van der Waals surface area (Å²) in [6, 6.07) is 5.32. The number of hydrogen-bond acceptors (Lipinski definition) is 3. The molecule has 1 aliphatic rings. The number of amides is 1. The molecule has 0 aromatic heterocycles.